The highest BCUT2D eigenvalue weighted by atomic mass is 16.4. The van der Waals surface area contributed by atoms with Crippen molar-refractivity contribution in [1.82, 2.24) is 4.57 Å². The van der Waals surface area contributed by atoms with E-state index in [4.69, 9.17) is 5.11 Å². The molecule has 0 aliphatic rings. The van der Waals surface area contributed by atoms with E-state index < -0.39 is 5.97 Å². The van der Waals surface area contributed by atoms with Crippen molar-refractivity contribution in [2.24, 2.45) is 7.05 Å². The molecule has 2 N–H and O–H groups in total. The van der Waals surface area contributed by atoms with Gasteiger partial charge in [-0.2, -0.15) is 0 Å². The molecule has 0 unspecified atom stereocenters. The molecule has 0 radical (unpaired) electrons. The molecular formula is C12H13NO3. The Kier molecular flexibility index (Phi) is 2.15. The Labute approximate surface area is 92.7 Å². The molecule has 0 aliphatic heterocycles. The lowest BCUT2D eigenvalue weighted by Crippen LogP contribution is -2.05. The van der Waals surface area contributed by atoms with E-state index in [-0.39, 0.29) is 11.4 Å². The number of rotatable bonds is 1. The largest absolute Gasteiger partial charge is 0.506 e. The van der Waals surface area contributed by atoms with E-state index >= 15 is 0 Å². The van der Waals surface area contributed by atoms with Gasteiger partial charge in [0.05, 0.1) is 5.52 Å². The number of hydrogen-bond donors (Lipinski definition) is 2. The van der Waals surface area contributed by atoms with Crippen LogP contribution in [-0.4, -0.2) is 20.7 Å². The summed E-state index contributed by atoms with van der Waals surface area (Å²) in [4.78, 5) is 11.1. The predicted molar refractivity (Wildman–Crippen MR) is 61.0 cm³/mol. The van der Waals surface area contributed by atoms with Crippen molar-refractivity contribution in [3.8, 4) is 5.75 Å². The fourth-order valence-corrected chi connectivity index (χ4v) is 2.28. The minimum absolute atomic E-state index is 0.110. The maximum absolute atomic E-state index is 11.1. The SMILES string of the molecule is Cc1ccc(O)c2c1c(C)c(C(=O)O)n2C. The summed E-state index contributed by atoms with van der Waals surface area (Å²) in [5, 5.41) is 19.7. The first-order valence-electron chi connectivity index (χ1n) is 4.96. The van der Waals surface area contributed by atoms with Crippen LogP contribution in [0.25, 0.3) is 10.9 Å². The Morgan fingerprint density at radius 3 is 2.44 bits per heavy atom. The molecule has 1 heterocycles. The molecule has 4 nitrogen and oxygen atoms in total. The fourth-order valence-electron chi connectivity index (χ4n) is 2.28. The van der Waals surface area contributed by atoms with Gasteiger partial charge in [0, 0.05) is 12.4 Å². The number of aromatic carboxylic acids is 1. The highest BCUT2D eigenvalue weighted by Gasteiger charge is 2.20. The van der Waals surface area contributed by atoms with Gasteiger partial charge in [-0.25, -0.2) is 4.79 Å². The number of fused-ring (bicyclic) bond motifs is 1. The van der Waals surface area contributed by atoms with Gasteiger partial charge in [-0.1, -0.05) is 6.07 Å². The smallest absolute Gasteiger partial charge is 0.352 e. The number of hydrogen-bond acceptors (Lipinski definition) is 2. The first kappa shape index (κ1) is 10.5. The zero-order valence-corrected chi connectivity index (χ0v) is 9.40. The fraction of sp³-hybridized carbons (Fsp3) is 0.250. The molecule has 2 aromatic rings. The Hall–Kier alpha value is -1.97. The molecule has 0 spiro atoms. The van der Waals surface area contributed by atoms with Crippen LogP contribution < -0.4 is 0 Å². The number of benzene rings is 1. The van der Waals surface area contributed by atoms with Crippen LogP contribution in [-0.2, 0) is 7.05 Å². The van der Waals surface area contributed by atoms with E-state index in [1.165, 1.54) is 4.57 Å². The highest BCUT2D eigenvalue weighted by molar-refractivity contribution is 6.01. The second-order valence-corrected chi connectivity index (χ2v) is 3.96. The topological polar surface area (TPSA) is 62.5 Å². The summed E-state index contributed by atoms with van der Waals surface area (Å²) in [5.41, 5.74) is 2.46. The van der Waals surface area contributed by atoms with Crippen molar-refractivity contribution in [2.75, 3.05) is 0 Å². The third-order valence-electron chi connectivity index (χ3n) is 2.97. The molecule has 0 amide bonds. The molecule has 0 saturated carbocycles. The van der Waals surface area contributed by atoms with Crippen LogP contribution in [0, 0.1) is 13.8 Å². The van der Waals surface area contributed by atoms with E-state index in [0.29, 0.717) is 11.1 Å². The van der Waals surface area contributed by atoms with Crippen molar-refractivity contribution >= 4 is 16.9 Å². The average molecular weight is 219 g/mol. The molecule has 0 bridgehead atoms. The van der Waals surface area contributed by atoms with Crippen LogP contribution in [0.2, 0.25) is 0 Å². The lowest BCUT2D eigenvalue weighted by atomic mass is 10.1. The van der Waals surface area contributed by atoms with Crippen LogP contribution in [0.15, 0.2) is 12.1 Å². The van der Waals surface area contributed by atoms with E-state index in [1.54, 1.807) is 26.1 Å². The number of aromatic nitrogens is 1. The predicted octanol–water partition coefficient (Wildman–Crippen LogP) is 2.20. The highest BCUT2D eigenvalue weighted by Crippen LogP contribution is 2.33. The number of nitrogens with zero attached hydrogens (tertiary/aromatic N) is 1. The second kappa shape index (κ2) is 3.27. The molecule has 84 valence electrons. The van der Waals surface area contributed by atoms with Crippen molar-refractivity contribution in [2.45, 2.75) is 13.8 Å². The normalized spacial score (nSPS) is 10.9. The summed E-state index contributed by atoms with van der Waals surface area (Å²) in [6.45, 7) is 3.67. The Balaban J connectivity index is 3.04. The summed E-state index contributed by atoms with van der Waals surface area (Å²) < 4.78 is 1.52. The summed E-state index contributed by atoms with van der Waals surface area (Å²) in [5.74, 6) is -0.867. The summed E-state index contributed by atoms with van der Waals surface area (Å²) in [7, 11) is 1.65. The Morgan fingerprint density at radius 2 is 1.94 bits per heavy atom. The molecule has 4 heteroatoms. The number of carboxylic acid groups (broad SMARTS) is 1. The second-order valence-electron chi connectivity index (χ2n) is 3.96. The number of phenolic OH excluding ortho intramolecular Hbond substituents is 1. The zero-order chi connectivity index (χ0) is 12.0. The molecule has 0 aliphatic carbocycles. The van der Waals surface area contributed by atoms with Crippen molar-refractivity contribution in [3.05, 3.63) is 29.0 Å². The van der Waals surface area contributed by atoms with Crippen LogP contribution >= 0.6 is 0 Å². The van der Waals surface area contributed by atoms with Gasteiger partial charge in [0.15, 0.2) is 0 Å². The Bertz CT molecular complexity index is 551. The van der Waals surface area contributed by atoms with Crippen LogP contribution in [0.3, 0.4) is 0 Å². The molecule has 16 heavy (non-hydrogen) atoms. The van der Waals surface area contributed by atoms with E-state index in [9.17, 15) is 9.90 Å². The number of phenols is 1. The van der Waals surface area contributed by atoms with Gasteiger partial charge in [-0.05, 0) is 31.0 Å². The van der Waals surface area contributed by atoms with Gasteiger partial charge >= 0.3 is 5.97 Å². The molecular weight excluding hydrogens is 206 g/mol. The summed E-state index contributed by atoms with van der Waals surface area (Å²) >= 11 is 0. The number of carbonyl (C=O) groups is 1. The van der Waals surface area contributed by atoms with Gasteiger partial charge in [0.1, 0.15) is 11.4 Å². The quantitative estimate of drug-likeness (QED) is 0.772. The summed E-state index contributed by atoms with van der Waals surface area (Å²) in [6.07, 6.45) is 0. The van der Waals surface area contributed by atoms with Gasteiger partial charge in [-0.3, -0.25) is 0 Å². The lowest BCUT2D eigenvalue weighted by Gasteiger charge is -2.02. The van der Waals surface area contributed by atoms with E-state index in [2.05, 4.69) is 0 Å². The molecule has 0 saturated heterocycles. The van der Waals surface area contributed by atoms with Crippen molar-refractivity contribution < 1.29 is 15.0 Å². The van der Waals surface area contributed by atoms with Gasteiger partial charge in [0.25, 0.3) is 0 Å². The van der Waals surface area contributed by atoms with Crippen molar-refractivity contribution in [1.29, 1.82) is 0 Å². The standard InChI is InChI=1S/C12H13NO3/c1-6-4-5-8(14)11-9(6)7(2)10(12(15)16)13(11)3/h4-5,14H,1-3H3,(H,15,16). The third kappa shape index (κ3) is 1.19. The molecule has 0 fully saturated rings. The number of carboxylic acids is 1. The minimum Gasteiger partial charge on any atom is -0.506 e. The maximum atomic E-state index is 11.1. The average Bonchev–Trinajstić information content (AvgIpc) is 2.46. The van der Waals surface area contributed by atoms with Crippen LogP contribution in [0.5, 0.6) is 5.75 Å². The monoisotopic (exact) mass is 219 g/mol. The lowest BCUT2D eigenvalue weighted by molar-refractivity contribution is 0.0686. The van der Waals surface area contributed by atoms with Gasteiger partial charge in [-0.15, -0.1) is 0 Å². The van der Waals surface area contributed by atoms with Crippen LogP contribution in [0.1, 0.15) is 21.6 Å². The molecule has 0 atom stereocenters. The minimum atomic E-state index is -0.977. The van der Waals surface area contributed by atoms with Crippen LogP contribution in [0.4, 0.5) is 0 Å². The molecule has 2 rings (SSSR count). The molecule has 1 aromatic carbocycles. The van der Waals surface area contributed by atoms with Gasteiger partial charge in [0.2, 0.25) is 0 Å². The van der Waals surface area contributed by atoms with E-state index in [1.807, 2.05) is 6.92 Å². The number of aromatic hydroxyl groups is 1. The summed E-state index contributed by atoms with van der Waals surface area (Å²) in [6, 6.07) is 3.37. The first-order valence-corrected chi connectivity index (χ1v) is 4.96. The number of aryl methyl sites for hydroxylation is 3. The van der Waals surface area contributed by atoms with E-state index in [0.717, 1.165) is 10.9 Å². The maximum Gasteiger partial charge on any atom is 0.352 e. The zero-order valence-electron chi connectivity index (χ0n) is 9.40. The van der Waals surface area contributed by atoms with Gasteiger partial charge < -0.3 is 14.8 Å². The Morgan fingerprint density at radius 1 is 1.31 bits per heavy atom. The van der Waals surface area contributed by atoms with Crippen molar-refractivity contribution in [3.63, 3.8) is 0 Å². The first-order chi connectivity index (χ1) is 7.45. The third-order valence-corrected chi connectivity index (χ3v) is 2.97. The molecule has 1 aromatic heterocycles.